The minimum atomic E-state index is -3.91. The van der Waals surface area contributed by atoms with E-state index in [-0.39, 0.29) is 22.5 Å². The van der Waals surface area contributed by atoms with Crippen molar-refractivity contribution in [3.05, 3.63) is 53.1 Å². The molecule has 8 heteroatoms. The van der Waals surface area contributed by atoms with Crippen LogP contribution in [-0.2, 0) is 10.0 Å². The van der Waals surface area contributed by atoms with Crippen molar-refractivity contribution in [2.75, 3.05) is 11.8 Å². The number of methoxy groups -OCH3 is 1. The summed E-state index contributed by atoms with van der Waals surface area (Å²) in [5.74, 6) is 0.0809. The number of benzene rings is 2. The average molecular weight is 409 g/mol. The summed E-state index contributed by atoms with van der Waals surface area (Å²) in [7, 11) is -2.48. The van der Waals surface area contributed by atoms with Crippen molar-refractivity contribution in [2.24, 2.45) is 0 Å². The van der Waals surface area contributed by atoms with Crippen LogP contribution in [0, 0.1) is 0 Å². The van der Waals surface area contributed by atoms with Crippen LogP contribution in [0.1, 0.15) is 36.0 Å². The van der Waals surface area contributed by atoms with Crippen LogP contribution in [0.3, 0.4) is 0 Å². The zero-order valence-electron chi connectivity index (χ0n) is 14.9. The third-order valence-electron chi connectivity index (χ3n) is 4.50. The summed E-state index contributed by atoms with van der Waals surface area (Å²) in [6.45, 7) is 0. The molecule has 0 unspecified atom stereocenters. The number of anilines is 1. The van der Waals surface area contributed by atoms with Gasteiger partial charge in [0.2, 0.25) is 0 Å². The molecule has 0 aromatic heterocycles. The summed E-state index contributed by atoms with van der Waals surface area (Å²) in [5.41, 5.74) is 0.536. The third kappa shape index (κ3) is 4.73. The molecule has 0 saturated heterocycles. The number of amides is 1. The number of rotatable bonds is 6. The quantitative estimate of drug-likeness (QED) is 0.760. The molecule has 27 heavy (non-hydrogen) atoms. The summed E-state index contributed by atoms with van der Waals surface area (Å²) in [5, 5.41) is 3.33. The highest BCUT2D eigenvalue weighted by Gasteiger charge is 2.21. The van der Waals surface area contributed by atoms with E-state index in [1.807, 2.05) is 0 Å². The first-order chi connectivity index (χ1) is 12.9. The van der Waals surface area contributed by atoms with Crippen molar-refractivity contribution < 1.29 is 17.9 Å². The lowest BCUT2D eigenvalue weighted by atomic mass is 10.2. The predicted molar refractivity (Wildman–Crippen MR) is 105 cm³/mol. The fraction of sp³-hybridized carbons (Fsp3) is 0.316. The molecule has 1 aliphatic carbocycles. The molecule has 0 bridgehead atoms. The van der Waals surface area contributed by atoms with Crippen molar-refractivity contribution in [3.63, 3.8) is 0 Å². The molecule has 0 aliphatic heterocycles. The van der Waals surface area contributed by atoms with E-state index in [0.717, 1.165) is 25.7 Å². The number of ether oxygens (including phenoxy) is 1. The Balaban J connectivity index is 1.82. The van der Waals surface area contributed by atoms with E-state index in [2.05, 4.69) is 10.0 Å². The van der Waals surface area contributed by atoms with Crippen LogP contribution >= 0.6 is 11.6 Å². The lowest BCUT2D eigenvalue weighted by molar-refractivity contribution is 0.0937. The second-order valence-corrected chi connectivity index (χ2v) is 8.55. The molecule has 0 atom stereocenters. The smallest absolute Gasteiger partial charge is 0.262 e. The summed E-state index contributed by atoms with van der Waals surface area (Å²) in [6.07, 6.45) is 4.12. The molecule has 3 rings (SSSR count). The van der Waals surface area contributed by atoms with Crippen LogP contribution < -0.4 is 14.8 Å². The number of hydrogen-bond acceptors (Lipinski definition) is 4. The molecular formula is C19H21ClN2O4S. The lowest BCUT2D eigenvalue weighted by Crippen LogP contribution is -2.32. The molecule has 2 N–H and O–H groups in total. The highest BCUT2D eigenvalue weighted by molar-refractivity contribution is 7.92. The molecule has 0 spiro atoms. The monoisotopic (exact) mass is 408 g/mol. The van der Waals surface area contributed by atoms with Crippen LogP contribution in [0.5, 0.6) is 5.75 Å². The molecule has 144 valence electrons. The van der Waals surface area contributed by atoms with Gasteiger partial charge < -0.3 is 10.1 Å². The molecule has 0 heterocycles. The van der Waals surface area contributed by atoms with Gasteiger partial charge >= 0.3 is 0 Å². The van der Waals surface area contributed by atoms with Gasteiger partial charge in [0, 0.05) is 16.6 Å². The Morgan fingerprint density at radius 1 is 1.15 bits per heavy atom. The van der Waals surface area contributed by atoms with Crippen LogP contribution in [0.15, 0.2) is 47.4 Å². The minimum absolute atomic E-state index is 0.0106. The van der Waals surface area contributed by atoms with Gasteiger partial charge in [0.05, 0.1) is 17.7 Å². The lowest BCUT2D eigenvalue weighted by Gasteiger charge is -2.14. The molecule has 1 aliphatic rings. The molecule has 1 amide bonds. The first-order valence-corrected chi connectivity index (χ1v) is 10.5. The van der Waals surface area contributed by atoms with Gasteiger partial charge in [-0.1, -0.05) is 30.5 Å². The summed E-state index contributed by atoms with van der Waals surface area (Å²) in [4.78, 5) is 12.4. The van der Waals surface area contributed by atoms with E-state index >= 15 is 0 Å². The van der Waals surface area contributed by atoms with Crippen molar-refractivity contribution in [3.8, 4) is 5.75 Å². The van der Waals surface area contributed by atoms with Gasteiger partial charge in [-0.25, -0.2) is 8.42 Å². The Morgan fingerprint density at radius 2 is 1.89 bits per heavy atom. The summed E-state index contributed by atoms with van der Waals surface area (Å²) < 4.78 is 33.2. The highest BCUT2D eigenvalue weighted by atomic mass is 35.5. The number of carbonyl (C=O) groups is 1. The maximum Gasteiger partial charge on any atom is 0.262 e. The zero-order chi connectivity index (χ0) is 19.4. The normalized spacial score (nSPS) is 14.7. The van der Waals surface area contributed by atoms with Crippen LogP contribution in [0.2, 0.25) is 5.02 Å². The Bertz CT molecular complexity index is 940. The van der Waals surface area contributed by atoms with Crippen LogP contribution in [0.4, 0.5) is 5.69 Å². The van der Waals surface area contributed by atoms with Gasteiger partial charge in [0.15, 0.2) is 0 Å². The first-order valence-electron chi connectivity index (χ1n) is 8.66. The van der Waals surface area contributed by atoms with E-state index in [4.69, 9.17) is 16.3 Å². The first kappa shape index (κ1) is 19.5. The largest absolute Gasteiger partial charge is 0.495 e. The topological polar surface area (TPSA) is 84.5 Å². The van der Waals surface area contributed by atoms with E-state index < -0.39 is 10.0 Å². The Morgan fingerprint density at radius 3 is 2.59 bits per heavy atom. The van der Waals surface area contributed by atoms with Gasteiger partial charge in [-0.3, -0.25) is 9.52 Å². The molecule has 6 nitrogen and oxygen atoms in total. The van der Waals surface area contributed by atoms with Crippen molar-refractivity contribution in [1.82, 2.24) is 5.32 Å². The second-order valence-electron chi connectivity index (χ2n) is 6.43. The number of nitrogens with one attached hydrogen (secondary N) is 2. The number of sulfonamides is 1. The van der Waals surface area contributed by atoms with Crippen molar-refractivity contribution >= 4 is 33.2 Å². The van der Waals surface area contributed by atoms with Gasteiger partial charge in [0.25, 0.3) is 15.9 Å². The van der Waals surface area contributed by atoms with E-state index in [1.54, 1.807) is 24.3 Å². The van der Waals surface area contributed by atoms with E-state index in [9.17, 15) is 13.2 Å². The number of halogens is 1. The zero-order valence-corrected chi connectivity index (χ0v) is 16.4. The Hall–Kier alpha value is -2.25. The standard InChI is InChI=1S/C19H21ClN2O4S/c1-26-18-10-9-14(20)12-17(18)22-27(24,25)16-8-4-5-13(11-16)19(23)21-15-6-2-3-7-15/h4-5,8-12,15,22H,2-3,6-7H2,1H3,(H,21,23). The fourth-order valence-electron chi connectivity index (χ4n) is 3.11. The third-order valence-corrected chi connectivity index (χ3v) is 6.10. The van der Waals surface area contributed by atoms with Gasteiger partial charge in [-0.15, -0.1) is 0 Å². The Labute approximate surface area is 163 Å². The molecule has 1 fully saturated rings. The second kappa shape index (κ2) is 8.19. The summed E-state index contributed by atoms with van der Waals surface area (Å²) in [6, 6.07) is 10.8. The average Bonchev–Trinajstić information content (AvgIpc) is 3.15. The molecule has 2 aromatic carbocycles. The van der Waals surface area contributed by atoms with Crippen LogP contribution in [0.25, 0.3) is 0 Å². The van der Waals surface area contributed by atoms with Gasteiger partial charge in [-0.2, -0.15) is 0 Å². The van der Waals surface area contributed by atoms with E-state index in [1.165, 1.54) is 25.3 Å². The SMILES string of the molecule is COc1ccc(Cl)cc1NS(=O)(=O)c1cccc(C(=O)NC2CCCC2)c1. The molecular weight excluding hydrogens is 388 g/mol. The van der Waals surface area contributed by atoms with E-state index in [0.29, 0.717) is 16.3 Å². The fourth-order valence-corrected chi connectivity index (χ4v) is 4.39. The summed E-state index contributed by atoms with van der Waals surface area (Å²) >= 11 is 5.95. The Kier molecular flexibility index (Phi) is 5.92. The predicted octanol–water partition coefficient (Wildman–Crippen LogP) is 3.82. The minimum Gasteiger partial charge on any atom is -0.495 e. The number of carbonyl (C=O) groups excluding carboxylic acids is 1. The molecule has 1 saturated carbocycles. The van der Waals surface area contributed by atoms with Gasteiger partial charge in [0.1, 0.15) is 5.75 Å². The van der Waals surface area contributed by atoms with Crippen LogP contribution in [-0.4, -0.2) is 27.5 Å². The maximum atomic E-state index is 12.8. The highest BCUT2D eigenvalue weighted by Crippen LogP contribution is 2.30. The van der Waals surface area contributed by atoms with Crippen molar-refractivity contribution in [2.45, 2.75) is 36.6 Å². The van der Waals surface area contributed by atoms with Crippen molar-refractivity contribution in [1.29, 1.82) is 0 Å². The van der Waals surface area contributed by atoms with Gasteiger partial charge in [-0.05, 0) is 49.2 Å². The molecule has 2 aromatic rings. The number of hydrogen-bond donors (Lipinski definition) is 2. The maximum absolute atomic E-state index is 12.8. The molecule has 0 radical (unpaired) electrons.